The Kier molecular flexibility index (Phi) is 3.18. The molecule has 0 atom stereocenters. The van der Waals surface area contributed by atoms with Gasteiger partial charge in [-0.25, -0.2) is 4.79 Å². The zero-order valence-corrected chi connectivity index (χ0v) is 11.1. The summed E-state index contributed by atoms with van der Waals surface area (Å²) in [5, 5.41) is 9.99. The van der Waals surface area contributed by atoms with Gasteiger partial charge in [0.25, 0.3) is 0 Å². The Labute approximate surface area is 116 Å². The zero-order valence-electron chi connectivity index (χ0n) is 11.1. The number of nitrogens with zero attached hydrogens (tertiary/aromatic N) is 2. The number of hydrogen-bond donors (Lipinski definition) is 1. The fourth-order valence-corrected chi connectivity index (χ4v) is 2.67. The number of carboxylic acids is 1. The number of carbonyl (C=O) groups is 2. The smallest absolute Gasteiger partial charge is 0.335 e. The van der Waals surface area contributed by atoms with Crippen molar-refractivity contribution in [2.24, 2.45) is 0 Å². The molecule has 1 aliphatic heterocycles. The number of carbonyl (C=O) groups excluding carboxylic acids is 1. The van der Waals surface area contributed by atoms with Crippen LogP contribution in [0.5, 0.6) is 0 Å². The van der Waals surface area contributed by atoms with E-state index in [9.17, 15) is 9.59 Å². The van der Waals surface area contributed by atoms with E-state index in [1.165, 1.54) is 0 Å². The molecular formula is C15H16N2O3. The van der Waals surface area contributed by atoms with Gasteiger partial charge >= 0.3 is 5.97 Å². The molecule has 0 aliphatic carbocycles. The Morgan fingerprint density at radius 1 is 1.15 bits per heavy atom. The second-order valence-electron chi connectivity index (χ2n) is 5.11. The zero-order chi connectivity index (χ0) is 14.1. The minimum atomic E-state index is -0.953. The normalized spacial score (nSPS) is 14.9. The monoisotopic (exact) mass is 272 g/mol. The fourth-order valence-electron chi connectivity index (χ4n) is 2.67. The summed E-state index contributed by atoms with van der Waals surface area (Å²) in [7, 11) is 0. The van der Waals surface area contributed by atoms with Gasteiger partial charge < -0.3 is 14.6 Å². The standard InChI is InChI=1S/C15H16N2O3/c18-14(16-6-1-2-7-16)10-17-8-5-11-3-4-12(15(19)20)9-13(11)17/h3-5,8-9H,1-2,6-7,10H2,(H,19,20). The van der Waals surface area contributed by atoms with Crippen LogP contribution in [0.15, 0.2) is 30.5 Å². The lowest BCUT2D eigenvalue weighted by molar-refractivity contribution is -0.130. The van der Waals surface area contributed by atoms with E-state index in [0.717, 1.165) is 36.8 Å². The largest absolute Gasteiger partial charge is 0.478 e. The van der Waals surface area contributed by atoms with Crippen LogP contribution in [0.3, 0.4) is 0 Å². The third-order valence-corrected chi connectivity index (χ3v) is 3.79. The number of likely N-dealkylation sites (tertiary alicyclic amines) is 1. The highest BCUT2D eigenvalue weighted by Crippen LogP contribution is 2.18. The summed E-state index contributed by atoms with van der Waals surface area (Å²) < 4.78 is 1.82. The molecule has 1 fully saturated rings. The van der Waals surface area contributed by atoms with E-state index in [1.807, 2.05) is 21.7 Å². The van der Waals surface area contributed by atoms with E-state index in [0.29, 0.717) is 0 Å². The summed E-state index contributed by atoms with van der Waals surface area (Å²) in [6.45, 7) is 1.93. The van der Waals surface area contributed by atoms with Gasteiger partial charge in [-0.1, -0.05) is 6.07 Å². The van der Waals surface area contributed by atoms with Gasteiger partial charge in [-0.05, 0) is 36.4 Å². The molecule has 104 valence electrons. The highest BCUT2D eigenvalue weighted by atomic mass is 16.4. The van der Waals surface area contributed by atoms with E-state index >= 15 is 0 Å². The average Bonchev–Trinajstić information content (AvgIpc) is 3.08. The minimum absolute atomic E-state index is 0.0979. The van der Waals surface area contributed by atoms with Crippen LogP contribution >= 0.6 is 0 Å². The predicted octanol–water partition coefficient (Wildman–Crippen LogP) is 1.96. The SMILES string of the molecule is O=C(O)c1ccc2ccn(CC(=O)N3CCCC3)c2c1. The summed E-state index contributed by atoms with van der Waals surface area (Å²) in [6, 6.07) is 6.88. The minimum Gasteiger partial charge on any atom is -0.478 e. The van der Waals surface area contributed by atoms with E-state index in [1.54, 1.807) is 18.2 Å². The number of aromatic nitrogens is 1. The molecule has 3 rings (SSSR count). The average molecular weight is 272 g/mol. The lowest BCUT2D eigenvalue weighted by atomic mass is 10.1. The van der Waals surface area contributed by atoms with Crippen LogP contribution in [0.25, 0.3) is 10.9 Å². The van der Waals surface area contributed by atoms with Crippen molar-refractivity contribution in [2.75, 3.05) is 13.1 Å². The van der Waals surface area contributed by atoms with Crippen LogP contribution < -0.4 is 0 Å². The summed E-state index contributed by atoms with van der Waals surface area (Å²) in [6.07, 6.45) is 3.98. The first-order valence-corrected chi connectivity index (χ1v) is 6.75. The highest BCUT2D eigenvalue weighted by molar-refractivity contribution is 5.94. The molecule has 20 heavy (non-hydrogen) atoms. The Morgan fingerprint density at radius 3 is 2.60 bits per heavy atom. The molecule has 1 aliphatic rings. The van der Waals surface area contributed by atoms with Gasteiger partial charge in [-0.2, -0.15) is 0 Å². The molecule has 0 spiro atoms. The molecule has 0 unspecified atom stereocenters. The lowest BCUT2D eigenvalue weighted by Gasteiger charge is -2.16. The van der Waals surface area contributed by atoms with Gasteiger partial charge in [0.05, 0.1) is 5.56 Å². The Balaban J connectivity index is 1.89. The molecule has 0 bridgehead atoms. The van der Waals surface area contributed by atoms with Gasteiger partial charge in [0.15, 0.2) is 0 Å². The second kappa shape index (κ2) is 5.00. The van der Waals surface area contributed by atoms with Crippen molar-refractivity contribution in [3.8, 4) is 0 Å². The molecule has 2 aromatic rings. The van der Waals surface area contributed by atoms with Gasteiger partial charge in [0.2, 0.25) is 5.91 Å². The Bertz CT molecular complexity index is 669. The molecule has 0 saturated carbocycles. The maximum atomic E-state index is 12.2. The summed E-state index contributed by atoms with van der Waals surface area (Å²) in [5.41, 5.74) is 1.03. The lowest BCUT2D eigenvalue weighted by Crippen LogP contribution is -2.30. The molecule has 1 N–H and O–H groups in total. The topological polar surface area (TPSA) is 62.5 Å². The fraction of sp³-hybridized carbons (Fsp3) is 0.333. The molecule has 1 aromatic heterocycles. The van der Waals surface area contributed by atoms with Gasteiger partial charge in [0.1, 0.15) is 6.54 Å². The summed E-state index contributed by atoms with van der Waals surface area (Å²) >= 11 is 0. The molecular weight excluding hydrogens is 256 g/mol. The van der Waals surface area contributed by atoms with Crippen molar-refractivity contribution in [3.05, 3.63) is 36.0 Å². The van der Waals surface area contributed by atoms with Gasteiger partial charge in [-0.3, -0.25) is 4.79 Å². The van der Waals surface area contributed by atoms with E-state index < -0.39 is 5.97 Å². The van der Waals surface area contributed by atoms with Crippen LogP contribution in [0.4, 0.5) is 0 Å². The van der Waals surface area contributed by atoms with Crippen LogP contribution in [-0.2, 0) is 11.3 Å². The van der Waals surface area contributed by atoms with Crippen molar-refractivity contribution in [1.29, 1.82) is 0 Å². The highest BCUT2D eigenvalue weighted by Gasteiger charge is 2.18. The molecule has 0 radical (unpaired) electrons. The molecule has 5 heteroatoms. The third-order valence-electron chi connectivity index (χ3n) is 3.79. The number of carboxylic acid groups (broad SMARTS) is 1. The first kappa shape index (κ1) is 12.7. The number of benzene rings is 1. The summed E-state index contributed by atoms with van der Waals surface area (Å²) in [4.78, 5) is 25.1. The van der Waals surface area contributed by atoms with Gasteiger partial charge in [0, 0.05) is 24.8 Å². The number of rotatable bonds is 3. The first-order chi connectivity index (χ1) is 9.65. The van der Waals surface area contributed by atoms with E-state index in [4.69, 9.17) is 5.11 Å². The number of hydrogen-bond acceptors (Lipinski definition) is 2. The molecule has 5 nitrogen and oxygen atoms in total. The van der Waals surface area contributed by atoms with Crippen molar-refractivity contribution in [1.82, 2.24) is 9.47 Å². The van der Waals surface area contributed by atoms with Crippen LogP contribution in [0.1, 0.15) is 23.2 Å². The molecule has 1 aromatic carbocycles. The van der Waals surface area contributed by atoms with Gasteiger partial charge in [-0.15, -0.1) is 0 Å². The third kappa shape index (κ3) is 2.27. The maximum absolute atomic E-state index is 12.2. The van der Waals surface area contributed by atoms with Crippen molar-refractivity contribution >= 4 is 22.8 Å². The predicted molar refractivity (Wildman–Crippen MR) is 74.7 cm³/mol. The van der Waals surface area contributed by atoms with Crippen LogP contribution in [0.2, 0.25) is 0 Å². The first-order valence-electron chi connectivity index (χ1n) is 6.75. The van der Waals surface area contributed by atoms with Crippen LogP contribution in [-0.4, -0.2) is 39.5 Å². The second-order valence-corrected chi connectivity index (χ2v) is 5.11. The van der Waals surface area contributed by atoms with Crippen LogP contribution in [0, 0.1) is 0 Å². The van der Waals surface area contributed by atoms with Crippen molar-refractivity contribution < 1.29 is 14.7 Å². The maximum Gasteiger partial charge on any atom is 0.335 e. The number of aromatic carboxylic acids is 1. The molecule has 2 heterocycles. The number of fused-ring (bicyclic) bond motifs is 1. The van der Waals surface area contributed by atoms with E-state index in [-0.39, 0.29) is 18.0 Å². The van der Waals surface area contributed by atoms with Crippen molar-refractivity contribution in [2.45, 2.75) is 19.4 Å². The molecule has 1 amide bonds. The van der Waals surface area contributed by atoms with Crippen molar-refractivity contribution in [3.63, 3.8) is 0 Å². The Morgan fingerprint density at radius 2 is 1.90 bits per heavy atom. The summed E-state index contributed by atoms with van der Waals surface area (Å²) in [5.74, 6) is -0.855. The quantitative estimate of drug-likeness (QED) is 0.929. The Hall–Kier alpha value is -2.30. The molecule has 1 saturated heterocycles. The number of amides is 1. The van der Waals surface area contributed by atoms with E-state index in [2.05, 4.69) is 0 Å².